The van der Waals surface area contributed by atoms with Gasteiger partial charge >= 0.3 is 0 Å². The summed E-state index contributed by atoms with van der Waals surface area (Å²) in [6.07, 6.45) is 16.8. The summed E-state index contributed by atoms with van der Waals surface area (Å²) in [6, 6.07) is 0. The zero-order chi connectivity index (χ0) is 16.2. The van der Waals surface area contributed by atoms with E-state index in [1.165, 1.54) is 12.2 Å². The van der Waals surface area contributed by atoms with Crippen LogP contribution in [-0.2, 0) is 151 Å². The molecule has 27 heavy (non-hydrogen) atoms. The van der Waals surface area contributed by atoms with Crippen molar-refractivity contribution < 1.29 is 148 Å². The first-order valence-corrected chi connectivity index (χ1v) is 9.88. The molecule has 4 radical (unpaired) electrons. The fraction of sp³-hybridized carbons (Fsp3) is 0.176. The number of sulfone groups is 2. The molecule has 0 bridgehead atoms. The van der Waals surface area contributed by atoms with E-state index in [0.717, 1.165) is 16.7 Å². The molecule has 3 aliphatic carbocycles. The van der Waals surface area contributed by atoms with Crippen molar-refractivity contribution >= 4 is 19.7 Å². The largest absolute Gasteiger partial charge is 0.290 e. The van der Waals surface area contributed by atoms with E-state index in [4.69, 9.17) is 0 Å². The molecule has 0 saturated heterocycles. The van der Waals surface area contributed by atoms with Gasteiger partial charge in [0.25, 0.3) is 0 Å². The van der Waals surface area contributed by atoms with Crippen molar-refractivity contribution in [1.82, 2.24) is 0 Å². The molecule has 0 fully saturated rings. The van der Waals surface area contributed by atoms with E-state index in [9.17, 15) is 16.8 Å². The maximum atomic E-state index is 11.8. The van der Waals surface area contributed by atoms with Crippen LogP contribution < -0.4 is 0 Å². The third-order valence-electron chi connectivity index (χ3n) is 4.08. The Kier molecular flexibility index (Phi) is 12.4. The first kappa shape index (κ1) is 29.5. The molecule has 0 atom stereocenters. The molecule has 2 aliphatic heterocycles. The summed E-state index contributed by atoms with van der Waals surface area (Å²) >= 11 is 0. The normalized spacial score (nSPS) is 22.8. The maximum Gasteiger partial charge on any atom is 0.0711 e. The molecule has 0 amide bonds. The van der Waals surface area contributed by atoms with Crippen molar-refractivity contribution in [3.05, 3.63) is 79.4 Å². The molecule has 0 spiro atoms. The Morgan fingerprint density at radius 1 is 0.630 bits per heavy atom. The van der Waals surface area contributed by atoms with Crippen molar-refractivity contribution in [3.63, 3.8) is 0 Å². The van der Waals surface area contributed by atoms with Crippen molar-refractivity contribution in [3.8, 4) is 0 Å². The minimum atomic E-state index is -3.18. The monoisotopic (exact) mass is 698 g/mol. The van der Waals surface area contributed by atoms with Crippen molar-refractivity contribution in [2.24, 2.45) is 0 Å². The second-order valence-electron chi connectivity index (χ2n) is 5.42. The number of rotatable bonds is 0. The topological polar surface area (TPSA) is 68.3 Å². The van der Waals surface area contributed by atoms with Crippen LogP contribution in [-0.4, -0.2) is 16.8 Å². The van der Waals surface area contributed by atoms with Gasteiger partial charge in [0.2, 0.25) is 0 Å². The predicted octanol–water partition coefficient (Wildman–Crippen LogP) is 2.19. The number of fused-ring (bicyclic) bond motifs is 1. The van der Waals surface area contributed by atoms with Gasteiger partial charge in [-0.3, -0.25) is 40.6 Å². The van der Waals surface area contributed by atoms with Gasteiger partial charge in [-0.05, 0) is 0 Å². The fourth-order valence-electron chi connectivity index (χ4n) is 2.97. The van der Waals surface area contributed by atoms with Gasteiger partial charge in [-0.1, -0.05) is 9.81 Å². The van der Waals surface area contributed by atoms with E-state index >= 15 is 0 Å². The van der Waals surface area contributed by atoms with Crippen molar-refractivity contribution in [2.45, 2.75) is 19.3 Å². The SMILES string of the molecule is O=S1(=O)C2=C(C[C-]=C2)C2=C1C=[C-]C2.O=S1(=O)[C-]=CC2=C1C=[C-]C2.[Y].[Y].[Y].[Y]. The quantitative estimate of drug-likeness (QED) is 0.365. The Morgan fingerprint density at radius 3 is 1.56 bits per heavy atom. The van der Waals surface area contributed by atoms with Crippen LogP contribution in [0.3, 0.4) is 0 Å². The minimum Gasteiger partial charge on any atom is -0.290 e. The zero-order valence-corrected chi connectivity index (χ0v) is 27.2. The fourth-order valence-corrected chi connectivity index (χ4v) is 5.86. The number of allylic oxidation sites excluding steroid dienone is 10. The Balaban J connectivity index is 0.000000447. The van der Waals surface area contributed by atoms with Crippen LogP contribution in [0.1, 0.15) is 19.3 Å². The van der Waals surface area contributed by atoms with Gasteiger partial charge in [0.05, 0.1) is 9.84 Å². The van der Waals surface area contributed by atoms with Gasteiger partial charge in [0, 0.05) is 141 Å². The molecule has 2 heterocycles. The maximum absolute atomic E-state index is 11.8. The first-order valence-electron chi connectivity index (χ1n) is 6.91. The second-order valence-corrected chi connectivity index (χ2v) is 8.99. The summed E-state index contributed by atoms with van der Waals surface area (Å²) in [4.78, 5) is 1.32. The molecule has 0 unspecified atom stereocenters. The van der Waals surface area contributed by atoms with Crippen LogP contribution in [0.2, 0.25) is 0 Å². The summed E-state index contributed by atoms with van der Waals surface area (Å²) in [5.41, 5.74) is 2.70. The molecular formula is C17H10O4S2Y4-4. The van der Waals surface area contributed by atoms with Gasteiger partial charge in [-0.25, -0.2) is 24.3 Å². The molecule has 0 N–H and O–H groups in total. The van der Waals surface area contributed by atoms with E-state index in [-0.39, 0.29) is 131 Å². The van der Waals surface area contributed by atoms with Gasteiger partial charge in [-0.15, -0.1) is 24.0 Å². The molecule has 5 aliphatic rings. The Hall–Kier alpha value is 2.50. The molecule has 10 heteroatoms. The van der Waals surface area contributed by atoms with E-state index < -0.39 is 19.7 Å². The molecule has 0 aromatic rings. The molecular weight excluding hydrogens is 688 g/mol. The summed E-state index contributed by atoms with van der Waals surface area (Å²) < 4.78 is 45.5. The van der Waals surface area contributed by atoms with Crippen molar-refractivity contribution in [1.29, 1.82) is 0 Å². The Labute approximate surface area is 261 Å². The molecule has 130 valence electrons. The van der Waals surface area contributed by atoms with Gasteiger partial charge in [0.15, 0.2) is 0 Å². The van der Waals surface area contributed by atoms with E-state index in [0.29, 0.717) is 34.0 Å². The van der Waals surface area contributed by atoms with Crippen LogP contribution >= 0.6 is 0 Å². The molecule has 0 aromatic heterocycles. The van der Waals surface area contributed by atoms with Gasteiger partial charge in [0.1, 0.15) is 0 Å². The number of hydrogen-bond acceptors (Lipinski definition) is 4. The van der Waals surface area contributed by atoms with Crippen LogP contribution in [0.25, 0.3) is 0 Å². The van der Waals surface area contributed by atoms with Gasteiger partial charge in [-0.2, -0.15) is 16.7 Å². The summed E-state index contributed by atoms with van der Waals surface area (Å²) in [7, 11) is -6.35. The van der Waals surface area contributed by atoms with E-state index in [1.807, 2.05) is 0 Å². The third-order valence-corrected chi connectivity index (χ3v) is 7.36. The van der Waals surface area contributed by atoms with Crippen molar-refractivity contribution in [2.75, 3.05) is 0 Å². The van der Waals surface area contributed by atoms with Crippen LogP contribution in [0.5, 0.6) is 0 Å². The van der Waals surface area contributed by atoms with Crippen LogP contribution in [0.4, 0.5) is 0 Å². The minimum absolute atomic E-state index is 0. The molecule has 4 nitrogen and oxygen atoms in total. The summed E-state index contributed by atoms with van der Waals surface area (Å²) in [6.45, 7) is 0. The average Bonchev–Trinajstić information content (AvgIpc) is 3.26. The predicted molar refractivity (Wildman–Crippen MR) is 84.0 cm³/mol. The second kappa shape index (κ2) is 11.4. The van der Waals surface area contributed by atoms with Crippen LogP contribution in [0.15, 0.2) is 55.7 Å². The van der Waals surface area contributed by atoms with E-state index in [2.05, 4.69) is 23.6 Å². The molecule has 0 saturated carbocycles. The standard InChI is InChI=1S/C10H6O2S.C7H4O2S.4Y/c11-13(12)9-5-1-3-7(9)8-4-2-6-10(8)13;8-10(9)5-4-6-2-1-3-7(6)10;;;;/h5-6H,3-4H2;3-4H,2H2;;;;/q2*-2;;;;. The summed E-state index contributed by atoms with van der Waals surface area (Å²) in [5.74, 6) is 0. The van der Waals surface area contributed by atoms with Gasteiger partial charge < -0.3 is 0 Å². The Bertz CT molecular complexity index is 1010. The number of hydrogen-bond donors (Lipinski definition) is 0. The van der Waals surface area contributed by atoms with E-state index in [1.54, 1.807) is 12.2 Å². The van der Waals surface area contributed by atoms with Crippen LogP contribution in [0, 0.1) is 23.6 Å². The average molecular weight is 698 g/mol. The zero-order valence-electron chi connectivity index (χ0n) is 14.2. The molecule has 0 aromatic carbocycles. The molecule has 5 rings (SSSR count). The first-order chi connectivity index (χ1) is 10.9. The smallest absolute Gasteiger partial charge is 0.0711 e. The summed E-state index contributed by atoms with van der Waals surface area (Å²) in [5, 5.41) is 2.30. The Morgan fingerprint density at radius 2 is 1.07 bits per heavy atom. The third kappa shape index (κ3) is 5.47.